The highest BCUT2D eigenvalue weighted by molar-refractivity contribution is 5.81. The van der Waals surface area contributed by atoms with Gasteiger partial charge in [0.2, 0.25) is 5.91 Å². The summed E-state index contributed by atoms with van der Waals surface area (Å²) >= 11 is 0. The minimum absolute atomic E-state index is 0.245. The van der Waals surface area contributed by atoms with Gasteiger partial charge in [0.25, 0.3) is 5.92 Å². The van der Waals surface area contributed by atoms with Crippen LogP contribution in [0.3, 0.4) is 0 Å². The van der Waals surface area contributed by atoms with Crippen LogP contribution in [-0.2, 0) is 4.79 Å². The monoisotopic (exact) mass is 178 g/mol. The molecule has 0 spiro atoms. The van der Waals surface area contributed by atoms with Crippen molar-refractivity contribution in [1.29, 1.82) is 0 Å². The van der Waals surface area contributed by atoms with Gasteiger partial charge in [0, 0.05) is 6.42 Å². The van der Waals surface area contributed by atoms with E-state index in [1.165, 1.54) is 11.9 Å². The molecule has 0 aliphatic carbocycles. The lowest BCUT2D eigenvalue weighted by molar-refractivity contribution is -0.147. The summed E-state index contributed by atoms with van der Waals surface area (Å²) in [5, 5.41) is 0. The van der Waals surface area contributed by atoms with E-state index in [1.54, 1.807) is 0 Å². The van der Waals surface area contributed by atoms with Crippen molar-refractivity contribution in [3.63, 3.8) is 0 Å². The first-order chi connectivity index (χ1) is 5.45. The Morgan fingerprint density at radius 3 is 2.58 bits per heavy atom. The van der Waals surface area contributed by atoms with Crippen molar-refractivity contribution >= 4 is 5.91 Å². The molecule has 1 rings (SSSR count). The average molecular weight is 178 g/mol. The van der Waals surface area contributed by atoms with Crippen molar-refractivity contribution in [2.24, 2.45) is 5.73 Å². The van der Waals surface area contributed by atoms with Gasteiger partial charge in [0.1, 0.15) is 0 Å². The molecule has 1 aliphatic rings. The number of hydrogen-bond acceptors (Lipinski definition) is 2. The van der Waals surface area contributed by atoms with E-state index >= 15 is 0 Å². The van der Waals surface area contributed by atoms with Gasteiger partial charge in [-0.2, -0.15) is 0 Å². The lowest BCUT2D eigenvalue weighted by Gasteiger charge is -2.36. The van der Waals surface area contributed by atoms with Crippen molar-refractivity contribution in [2.75, 3.05) is 13.6 Å². The third-order valence-corrected chi connectivity index (χ3v) is 2.13. The number of carbonyl (C=O) groups is 1. The average Bonchev–Trinajstić information content (AvgIpc) is 1.82. The van der Waals surface area contributed by atoms with Crippen molar-refractivity contribution in [2.45, 2.75) is 24.8 Å². The molecule has 2 N–H and O–H groups in total. The van der Waals surface area contributed by atoms with Gasteiger partial charge >= 0.3 is 0 Å². The highest BCUT2D eigenvalue weighted by atomic mass is 19.3. The zero-order chi connectivity index (χ0) is 9.35. The lowest BCUT2D eigenvalue weighted by atomic mass is 9.98. The van der Waals surface area contributed by atoms with Gasteiger partial charge in [0.05, 0.1) is 0 Å². The molecule has 1 aliphatic heterocycles. The van der Waals surface area contributed by atoms with E-state index in [-0.39, 0.29) is 6.42 Å². The van der Waals surface area contributed by atoms with E-state index in [2.05, 4.69) is 0 Å². The van der Waals surface area contributed by atoms with Crippen LogP contribution in [0.15, 0.2) is 0 Å². The van der Waals surface area contributed by atoms with Crippen LogP contribution < -0.4 is 5.73 Å². The molecular weight excluding hydrogens is 166 g/mol. The predicted molar refractivity (Wildman–Crippen MR) is 39.8 cm³/mol. The Morgan fingerprint density at radius 1 is 1.67 bits per heavy atom. The van der Waals surface area contributed by atoms with E-state index in [4.69, 9.17) is 5.73 Å². The summed E-state index contributed by atoms with van der Waals surface area (Å²) in [6.45, 7) is 0.503. The fraction of sp³-hybridized carbons (Fsp3) is 0.857. The third-order valence-electron chi connectivity index (χ3n) is 2.13. The SMILES string of the molecule is CN1CCCC(F)(F)C1C(N)=O. The predicted octanol–water partition coefficient (Wildman–Crippen LogP) is 0.201. The fourth-order valence-corrected chi connectivity index (χ4v) is 1.58. The number of nitrogens with two attached hydrogens (primary N) is 1. The normalized spacial score (nSPS) is 30.1. The molecule has 70 valence electrons. The Labute approximate surface area is 69.5 Å². The smallest absolute Gasteiger partial charge is 0.272 e. The van der Waals surface area contributed by atoms with Crippen LogP contribution in [-0.4, -0.2) is 36.4 Å². The maximum absolute atomic E-state index is 13.0. The zero-order valence-electron chi connectivity index (χ0n) is 6.89. The number of amides is 1. The van der Waals surface area contributed by atoms with Crippen LogP contribution in [0.2, 0.25) is 0 Å². The van der Waals surface area contributed by atoms with Crippen LogP contribution >= 0.6 is 0 Å². The van der Waals surface area contributed by atoms with Crippen molar-refractivity contribution < 1.29 is 13.6 Å². The van der Waals surface area contributed by atoms with Crippen LogP contribution in [0.25, 0.3) is 0 Å². The van der Waals surface area contributed by atoms with Gasteiger partial charge in [-0.25, -0.2) is 8.78 Å². The molecule has 12 heavy (non-hydrogen) atoms. The molecule has 1 heterocycles. The van der Waals surface area contributed by atoms with E-state index in [1.807, 2.05) is 0 Å². The maximum Gasteiger partial charge on any atom is 0.272 e. The highest BCUT2D eigenvalue weighted by Crippen LogP contribution is 2.31. The van der Waals surface area contributed by atoms with Crippen LogP contribution in [0.1, 0.15) is 12.8 Å². The number of piperidine rings is 1. The molecule has 1 atom stereocenters. The quantitative estimate of drug-likeness (QED) is 0.623. The number of nitrogens with zero attached hydrogens (tertiary/aromatic N) is 1. The minimum Gasteiger partial charge on any atom is -0.368 e. The fourth-order valence-electron chi connectivity index (χ4n) is 1.58. The molecule has 1 fully saturated rings. The Bertz CT molecular complexity index is 196. The van der Waals surface area contributed by atoms with E-state index in [0.29, 0.717) is 13.0 Å². The van der Waals surface area contributed by atoms with E-state index in [9.17, 15) is 13.6 Å². The number of likely N-dealkylation sites (N-methyl/N-ethyl adjacent to an activating group) is 1. The Balaban J connectivity index is 2.81. The first-order valence-electron chi connectivity index (χ1n) is 3.82. The summed E-state index contributed by atoms with van der Waals surface area (Å²) in [4.78, 5) is 12.0. The molecule has 5 heteroatoms. The molecule has 0 aromatic carbocycles. The molecule has 0 saturated carbocycles. The topological polar surface area (TPSA) is 46.3 Å². The maximum atomic E-state index is 13.0. The molecule has 1 unspecified atom stereocenters. The van der Waals surface area contributed by atoms with Crippen molar-refractivity contribution in [1.82, 2.24) is 4.90 Å². The third kappa shape index (κ3) is 1.55. The number of alkyl halides is 2. The largest absolute Gasteiger partial charge is 0.368 e. The molecular formula is C7H12F2N2O. The number of rotatable bonds is 1. The Morgan fingerprint density at radius 2 is 2.25 bits per heavy atom. The molecule has 0 aromatic rings. The van der Waals surface area contributed by atoms with Gasteiger partial charge in [-0.15, -0.1) is 0 Å². The van der Waals surface area contributed by atoms with Gasteiger partial charge in [-0.1, -0.05) is 0 Å². The van der Waals surface area contributed by atoms with Gasteiger partial charge in [-0.3, -0.25) is 9.69 Å². The summed E-state index contributed by atoms with van der Waals surface area (Å²) in [5.41, 5.74) is 4.87. The Hall–Kier alpha value is -0.710. The number of carbonyl (C=O) groups excluding carboxylic acids is 1. The molecule has 1 saturated heterocycles. The number of likely N-dealkylation sites (tertiary alicyclic amines) is 1. The van der Waals surface area contributed by atoms with Gasteiger partial charge in [-0.05, 0) is 20.0 Å². The number of hydrogen-bond donors (Lipinski definition) is 1. The number of halogens is 2. The highest BCUT2D eigenvalue weighted by Gasteiger charge is 2.47. The standard InChI is InChI=1S/C7H12F2N2O/c1-11-4-2-3-7(8,9)5(11)6(10)12/h5H,2-4H2,1H3,(H2,10,12). The van der Waals surface area contributed by atoms with Crippen LogP contribution in [0.5, 0.6) is 0 Å². The molecule has 3 nitrogen and oxygen atoms in total. The van der Waals surface area contributed by atoms with Crippen molar-refractivity contribution in [3.05, 3.63) is 0 Å². The summed E-state index contributed by atoms with van der Waals surface area (Å²) in [7, 11) is 1.49. The summed E-state index contributed by atoms with van der Waals surface area (Å²) in [5.74, 6) is -3.90. The lowest BCUT2D eigenvalue weighted by Crippen LogP contribution is -2.57. The number of primary amides is 1. The Kier molecular flexibility index (Phi) is 2.32. The zero-order valence-corrected chi connectivity index (χ0v) is 6.89. The van der Waals surface area contributed by atoms with Gasteiger partial charge < -0.3 is 5.73 Å². The second-order valence-electron chi connectivity index (χ2n) is 3.15. The van der Waals surface area contributed by atoms with Gasteiger partial charge in [0.15, 0.2) is 6.04 Å². The van der Waals surface area contributed by atoms with Crippen LogP contribution in [0, 0.1) is 0 Å². The molecule has 0 aromatic heterocycles. The summed E-state index contributed by atoms with van der Waals surface area (Å²) in [6.07, 6.45) is 0.165. The van der Waals surface area contributed by atoms with E-state index in [0.717, 1.165) is 0 Å². The van der Waals surface area contributed by atoms with Crippen molar-refractivity contribution in [3.8, 4) is 0 Å². The molecule has 1 amide bonds. The minimum atomic E-state index is -2.96. The van der Waals surface area contributed by atoms with E-state index < -0.39 is 17.9 Å². The first-order valence-corrected chi connectivity index (χ1v) is 3.82. The summed E-state index contributed by atoms with van der Waals surface area (Å²) < 4.78 is 26.1. The first kappa shape index (κ1) is 9.38. The second-order valence-corrected chi connectivity index (χ2v) is 3.15. The summed E-state index contributed by atoms with van der Waals surface area (Å²) in [6, 6.07) is -1.42. The molecule has 0 radical (unpaired) electrons. The second kappa shape index (κ2) is 2.97. The molecule has 0 bridgehead atoms. The van der Waals surface area contributed by atoms with Crippen LogP contribution in [0.4, 0.5) is 8.78 Å².